The van der Waals surface area contributed by atoms with Crippen LogP contribution in [0.15, 0.2) is 11.6 Å². The summed E-state index contributed by atoms with van der Waals surface area (Å²) in [6.07, 6.45) is 11.6. The number of allylic oxidation sites excluding steroid dienone is 1. The second-order valence-electron chi connectivity index (χ2n) is 9.63. The van der Waals surface area contributed by atoms with E-state index in [9.17, 15) is 4.79 Å². The summed E-state index contributed by atoms with van der Waals surface area (Å²) >= 11 is 0. The third kappa shape index (κ3) is 1.76. The maximum atomic E-state index is 12.9. The van der Waals surface area contributed by atoms with E-state index in [0.717, 1.165) is 41.6 Å². The van der Waals surface area contributed by atoms with Crippen LogP contribution in [-0.2, 0) is 4.79 Å². The summed E-state index contributed by atoms with van der Waals surface area (Å²) in [6, 6.07) is 0.488. The zero-order valence-corrected chi connectivity index (χ0v) is 14.0. The van der Waals surface area contributed by atoms with E-state index in [2.05, 4.69) is 25.2 Å². The highest BCUT2D eigenvalue weighted by Gasteiger charge is 2.54. The van der Waals surface area contributed by atoms with Gasteiger partial charge in [0.2, 0.25) is 5.91 Å². The summed E-state index contributed by atoms with van der Waals surface area (Å²) in [5.41, 5.74) is 1.48. The zero-order valence-electron chi connectivity index (χ0n) is 14.0. The molecule has 0 saturated heterocycles. The summed E-state index contributed by atoms with van der Waals surface area (Å²) in [7, 11) is 0. The molecule has 0 spiro atoms. The SMILES string of the molecule is CC1(C)[C@H]2CC=C(C(=O)NC3C4CC5CC(C4)CC3C5)[C@@H]1C2. The Morgan fingerprint density at radius 2 is 1.68 bits per heavy atom. The number of fused-ring (bicyclic) bond motifs is 1. The second kappa shape index (κ2) is 4.39. The van der Waals surface area contributed by atoms with Crippen molar-refractivity contribution in [3.05, 3.63) is 11.6 Å². The van der Waals surface area contributed by atoms with Gasteiger partial charge in [0.1, 0.15) is 0 Å². The Kier molecular flexibility index (Phi) is 2.72. The molecule has 6 bridgehead atoms. The molecular formula is C20H29NO. The molecule has 22 heavy (non-hydrogen) atoms. The van der Waals surface area contributed by atoms with Gasteiger partial charge in [0.05, 0.1) is 0 Å². The van der Waals surface area contributed by atoms with Crippen molar-refractivity contribution < 1.29 is 4.79 Å². The predicted molar refractivity (Wildman–Crippen MR) is 87.1 cm³/mol. The van der Waals surface area contributed by atoms with E-state index in [1.165, 1.54) is 38.5 Å². The number of carbonyl (C=O) groups is 1. The minimum absolute atomic E-state index is 0.286. The first-order valence-corrected chi connectivity index (χ1v) is 9.53. The molecular weight excluding hydrogens is 270 g/mol. The molecule has 7 rings (SSSR count). The average molecular weight is 299 g/mol. The molecule has 1 amide bonds. The molecule has 0 unspecified atom stereocenters. The van der Waals surface area contributed by atoms with Crippen LogP contribution in [0.2, 0.25) is 0 Å². The molecule has 0 heterocycles. The number of rotatable bonds is 2. The minimum atomic E-state index is 0.286. The van der Waals surface area contributed by atoms with Crippen LogP contribution in [0.5, 0.6) is 0 Å². The summed E-state index contributed by atoms with van der Waals surface area (Å²) in [4.78, 5) is 12.9. The van der Waals surface area contributed by atoms with Crippen molar-refractivity contribution in [2.45, 2.75) is 64.8 Å². The van der Waals surface area contributed by atoms with Crippen LogP contribution in [0.3, 0.4) is 0 Å². The van der Waals surface area contributed by atoms with E-state index in [1.54, 1.807) is 0 Å². The van der Waals surface area contributed by atoms with Gasteiger partial charge in [0.25, 0.3) is 0 Å². The van der Waals surface area contributed by atoms with Crippen LogP contribution in [0, 0.1) is 40.9 Å². The van der Waals surface area contributed by atoms with Crippen LogP contribution < -0.4 is 5.32 Å². The van der Waals surface area contributed by atoms with Crippen molar-refractivity contribution in [3.63, 3.8) is 0 Å². The normalized spacial score (nSPS) is 50.3. The lowest BCUT2D eigenvalue weighted by molar-refractivity contribution is -0.125. The van der Waals surface area contributed by atoms with E-state index >= 15 is 0 Å². The fraction of sp³-hybridized carbons (Fsp3) is 0.850. The molecule has 5 fully saturated rings. The summed E-state index contributed by atoms with van der Waals surface area (Å²) in [5, 5.41) is 3.52. The lowest BCUT2D eigenvalue weighted by atomic mass is 9.48. The standard InChI is InChI=1S/C20H29NO/c1-20(2)15-3-4-16(17(20)10-15)19(22)21-18-13-6-11-5-12(8-13)9-14(18)7-11/h4,11-15,17-18H,3,5-10H2,1-2H3,(H,21,22)/t11?,12?,13?,14?,15-,17-,18?/m0/s1. The van der Waals surface area contributed by atoms with Crippen molar-refractivity contribution in [1.29, 1.82) is 0 Å². The first-order valence-electron chi connectivity index (χ1n) is 9.53. The van der Waals surface area contributed by atoms with E-state index in [4.69, 9.17) is 0 Å². The van der Waals surface area contributed by atoms with Gasteiger partial charge in [-0.1, -0.05) is 19.9 Å². The van der Waals surface area contributed by atoms with E-state index < -0.39 is 0 Å². The molecule has 1 N–H and O–H groups in total. The minimum Gasteiger partial charge on any atom is -0.349 e. The highest BCUT2D eigenvalue weighted by atomic mass is 16.1. The molecule has 120 valence electrons. The smallest absolute Gasteiger partial charge is 0.247 e. The zero-order chi connectivity index (χ0) is 15.1. The maximum Gasteiger partial charge on any atom is 0.247 e. The highest BCUT2D eigenvalue weighted by molar-refractivity contribution is 5.95. The summed E-state index contributed by atoms with van der Waals surface area (Å²) in [6.45, 7) is 4.71. The number of nitrogens with one attached hydrogen (secondary N) is 1. The Hall–Kier alpha value is -0.790. The van der Waals surface area contributed by atoms with Gasteiger partial charge in [0.15, 0.2) is 0 Å². The van der Waals surface area contributed by atoms with E-state index in [0.29, 0.717) is 17.4 Å². The quantitative estimate of drug-likeness (QED) is 0.822. The van der Waals surface area contributed by atoms with E-state index in [1.807, 2.05) is 0 Å². The Bertz CT molecular complexity index is 518. The van der Waals surface area contributed by atoms with Crippen molar-refractivity contribution in [1.82, 2.24) is 5.32 Å². The first-order chi connectivity index (χ1) is 10.5. The van der Waals surface area contributed by atoms with Gasteiger partial charge < -0.3 is 5.32 Å². The molecule has 2 nitrogen and oxygen atoms in total. The highest BCUT2D eigenvalue weighted by Crippen LogP contribution is 2.59. The maximum absolute atomic E-state index is 12.9. The fourth-order valence-electron chi connectivity index (χ4n) is 7.00. The Labute approximate surface area is 134 Å². The lowest BCUT2D eigenvalue weighted by Crippen LogP contribution is -2.57. The third-order valence-electron chi connectivity index (χ3n) is 8.25. The van der Waals surface area contributed by atoms with Crippen LogP contribution in [0.4, 0.5) is 0 Å². The molecule has 7 aliphatic carbocycles. The van der Waals surface area contributed by atoms with Crippen molar-refractivity contribution in [2.24, 2.45) is 40.9 Å². The molecule has 0 aromatic rings. The third-order valence-corrected chi connectivity index (χ3v) is 8.25. The monoisotopic (exact) mass is 299 g/mol. The van der Waals surface area contributed by atoms with Crippen LogP contribution in [0.25, 0.3) is 0 Å². The molecule has 0 aliphatic heterocycles. The van der Waals surface area contributed by atoms with Crippen LogP contribution in [0.1, 0.15) is 58.8 Å². The van der Waals surface area contributed by atoms with Gasteiger partial charge in [-0.15, -0.1) is 0 Å². The lowest BCUT2D eigenvalue weighted by Gasteiger charge is -2.57. The first kappa shape index (κ1) is 13.6. The molecule has 0 aromatic carbocycles. The summed E-state index contributed by atoms with van der Waals surface area (Å²) < 4.78 is 0. The van der Waals surface area contributed by atoms with Gasteiger partial charge in [-0.3, -0.25) is 4.79 Å². The molecule has 0 aromatic heterocycles. The molecule has 0 radical (unpaired) electrons. The van der Waals surface area contributed by atoms with Crippen molar-refractivity contribution in [3.8, 4) is 0 Å². The number of hydrogen-bond donors (Lipinski definition) is 1. The number of amides is 1. The van der Waals surface area contributed by atoms with Gasteiger partial charge in [-0.05, 0) is 85.9 Å². The molecule has 5 saturated carbocycles. The Morgan fingerprint density at radius 1 is 1.05 bits per heavy atom. The van der Waals surface area contributed by atoms with Crippen molar-refractivity contribution in [2.75, 3.05) is 0 Å². The number of hydrogen-bond acceptors (Lipinski definition) is 1. The predicted octanol–water partition coefficient (Wildman–Crippen LogP) is 3.92. The average Bonchev–Trinajstić information content (AvgIpc) is 2.49. The largest absolute Gasteiger partial charge is 0.349 e. The van der Waals surface area contributed by atoms with Crippen LogP contribution in [-0.4, -0.2) is 11.9 Å². The van der Waals surface area contributed by atoms with Crippen molar-refractivity contribution >= 4 is 5.91 Å². The summed E-state index contributed by atoms with van der Waals surface area (Å²) in [5.74, 6) is 5.15. The van der Waals surface area contributed by atoms with E-state index in [-0.39, 0.29) is 5.91 Å². The van der Waals surface area contributed by atoms with Gasteiger partial charge in [-0.25, -0.2) is 0 Å². The fourth-order valence-corrected chi connectivity index (χ4v) is 7.00. The van der Waals surface area contributed by atoms with Crippen LogP contribution >= 0.6 is 0 Å². The van der Waals surface area contributed by atoms with Gasteiger partial charge in [0, 0.05) is 11.6 Å². The second-order valence-corrected chi connectivity index (χ2v) is 9.63. The molecule has 2 heteroatoms. The van der Waals surface area contributed by atoms with Gasteiger partial charge in [-0.2, -0.15) is 0 Å². The molecule has 7 aliphatic rings. The topological polar surface area (TPSA) is 29.1 Å². The Morgan fingerprint density at radius 3 is 2.23 bits per heavy atom. The molecule has 2 atom stereocenters. The number of carbonyl (C=O) groups excluding carboxylic acids is 1. The Balaban J connectivity index is 1.32. The van der Waals surface area contributed by atoms with Gasteiger partial charge >= 0.3 is 0 Å².